The summed E-state index contributed by atoms with van der Waals surface area (Å²) in [5.41, 5.74) is -0.758. The van der Waals surface area contributed by atoms with Crippen molar-refractivity contribution in [3.63, 3.8) is 0 Å². The average molecular weight is 241 g/mol. The quantitative estimate of drug-likeness (QED) is 0.740. The third-order valence-corrected chi connectivity index (χ3v) is 4.24. The van der Waals surface area contributed by atoms with Gasteiger partial charge >= 0.3 is 5.97 Å². The number of carboxylic acids is 1. The van der Waals surface area contributed by atoms with Crippen LogP contribution in [0.2, 0.25) is 0 Å². The molecule has 2 aliphatic rings. The van der Waals surface area contributed by atoms with E-state index in [1.165, 1.54) is 38.5 Å². The molecule has 4 heteroatoms. The van der Waals surface area contributed by atoms with E-state index in [0.717, 1.165) is 0 Å². The predicted octanol–water partition coefficient (Wildman–Crippen LogP) is 1.79. The molecule has 0 radical (unpaired) electrons. The fourth-order valence-electron chi connectivity index (χ4n) is 2.85. The highest BCUT2D eigenvalue weighted by Crippen LogP contribution is 2.30. The van der Waals surface area contributed by atoms with Crippen LogP contribution in [0, 0.1) is 5.41 Å². The Morgan fingerprint density at radius 3 is 2.53 bits per heavy atom. The van der Waals surface area contributed by atoms with Crippen molar-refractivity contribution in [2.75, 3.05) is 13.2 Å². The van der Waals surface area contributed by atoms with Crippen molar-refractivity contribution >= 4 is 5.97 Å². The molecule has 1 saturated carbocycles. The summed E-state index contributed by atoms with van der Waals surface area (Å²) in [6.45, 7) is 2.64. The van der Waals surface area contributed by atoms with E-state index in [4.69, 9.17) is 4.74 Å². The average Bonchev–Trinajstić information content (AvgIpc) is 2.53. The molecule has 4 nitrogen and oxygen atoms in total. The van der Waals surface area contributed by atoms with Crippen LogP contribution in [-0.4, -0.2) is 36.4 Å². The van der Waals surface area contributed by atoms with Gasteiger partial charge in [0.1, 0.15) is 5.41 Å². The summed E-state index contributed by atoms with van der Waals surface area (Å²) in [7, 11) is 0. The molecule has 0 aromatic rings. The number of rotatable bonds is 3. The molecule has 2 fully saturated rings. The van der Waals surface area contributed by atoms with Gasteiger partial charge in [0.15, 0.2) is 0 Å². The minimum absolute atomic E-state index is 0.0388. The van der Waals surface area contributed by atoms with Crippen molar-refractivity contribution in [1.29, 1.82) is 0 Å². The zero-order valence-corrected chi connectivity index (χ0v) is 10.6. The summed E-state index contributed by atoms with van der Waals surface area (Å²) in [5, 5.41) is 12.8. The first kappa shape index (κ1) is 12.8. The predicted molar refractivity (Wildman–Crippen MR) is 65.0 cm³/mol. The highest BCUT2D eigenvalue weighted by molar-refractivity contribution is 5.75. The lowest BCUT2D eigenvalue weighted by Crippen LogP contribution is -2.51. The molecule has 0 bridgehead atoms. The molecule has 2 N–H and O–H groups in total. The van der Waals surface area contributed by atoms with Crippen LogP contribution in [0.15, 0.2) is 0 Å². The molecule has 1 heterocycles. The first-order valence-corrected chi connectivity index (χ1v) is 6.70. The minimum Gasteiger partial charge on any atom is -0.481 e. The molecule has 2 rings (SSSR count). The maximum Gasteiger partial charge on any atom is 0.313 e. The van der Waals surface area contributed by atoms with E-state index >= 15 is 0 Å². The molecule has 2 unspecified atom stereocenters. The van der Waals surface area contributed by atoms with Crippen molar-refractivity contribution in [2.24, 2.45) is 5.41 Å². The monoisotopic (exact) mass is 241 g/mol. The molecule has 1 saturated heterocycles. The molecule has 2 atom stereocenters. The summed E-state index contributed by atoms with van der Waals surface area (Å²) >= 11 is 0. The van der Waals surface area contributed by atoms with Gasteiger partial charge in [0, 0.05) is 12.1 Å². The van der Waals surface area contributed by atoms with Crippen molar-refractivity contribution < 1.29 is 14.6 Å². The van der Waals surface area contributed by atoms with Gasteiger partial charge in [-0.1, -0.05) is 25.7 Å². The lowest BCUT2D eigenvalue weighted by molar-refractivity contribution is -0.148. The minimum atomic E-state index is -0.758. The van der Waals surface area contributed by atoms with Gasteiger partial charge in [0.2, 0.25) is 0 Å². The van der Waals surface area contributed by atoms with E-state index in [9.17, 15) is 9.90 Å². The Hall–Kier alpha value is -0.610. The second-order valence-corrected chi connectivity index (χ2v) is 5.65. The molecule has 17 heavy (non-hydrogen) atoms. The van der Waals surface area contributed by atoms with Gasteiger partial charge in [-0.3, -0.25) is 4.79 Å². The third kappa shape index (κ3) is 2.80. The first-order chi connectivity index (χ1) is 8.13. The molecule has 0 amide bonds. The molecule has 98 valence electrons. The maximum absolute atomic E-state index is 11.3. The number of carboxylic acid groups (broad SMARTS) is 1. The number of hydrogen-bond donors (Lipinski definition) is 2. The summed E-state index contributed by atoms with van der Waals surface area (Å²) in [4.78, 5) is 11.3. The van der Waals surface area contributed by atoms with E-state index in [0.29, 0.717) is 19.3 Å². The molecular formula is C13H23NO3. The van der Waals surface area contributed by atoms with Crippen molar-refractivity contribution in [3.8, 4) is 0 Å². The zero-order chi connectivity index (χ0) is 12.3. The number of carbonyl (C=O) groups is 1. The van der Waals surface area contributed by atoms with Gasteiger partial charge in [-0.15, -0.1) is 0 Å². The molecule has 1 aliphatic heterocycles. The summed E-state index contributed by atoms with van der Waals surface area (Å²) in [5.74, 6) is -0.749. The Labute approximate surface area is 103 Å². The van der Waals surface area contributed by atoms with E-state index in [1.807, 2.05) is 0 Å². The second-order valence-electron chi connectivity index (χ2n) is 5.65. The van der Waals surface area contributed by atoms with E-state index in [1.54, 1.807) is 6.92 Å². The third-order valence-electron chi connectivity index (χ3n) is 4.24. The van der Waals surface area contributed by atoms with Crippen LogP contribution in [0.1, 0.15) is 45.4 Å². The van der Waals surface area contributed by atoms with Crippen LogP contribution >= 0.6 is 0 Å². The summed E-state index contributed by atoms with van der Waals surface area (Å²) < 4.78 is 5.36. The van der Waals surface area contributed by atoms with Gasteiger partial charge in [-0.25, -0.2) is 0 Å². The van der Waals surface area contributed by atoms with Crippen molar-refractivity contribution in [1.82, 2.24) is 5.32 Å². The van der Waals surface area contributed by atoms with Gasteiger partial charge < -0.3 is 15.2 Å². The van der Waals surface area contributed by atoms with Gasteiger partial charge in [0.05, 0.1) is 13.2 Å². The molecule has 0 aromatic heterocycles. The largest absolute Gasteiger partial charge is 0.481 e. The van der Waals surface area contributed by atoms with Gasteiger partial charge in [-0.05, 0) is 19.8 Å². The lowest BCUT2D eigenvalue weighted by atomic mass is 9.84. The second kappa shape index (κ2) is 5.36. The van der Waals surface area contributed by atoms with Crippen LogP contribution in [0.3, 0.4) is 0 Å². The van der Waals surface area contributed by atoms with E-state index in [2.05, 4.69) is 5.32 Å². The van der Waals surface area contributed by atoms with E-state index in [-0.39, 0.29) is 6.04 Å². The van der Waals surface area contributed by atoms with Crippen molar-refractivity contribution in [3.05, 3.63) is 0 Å². The Bertz CT molecular complexity index is 274. The van der Waals surface area contributed by atoms with Crippen molar-refractivity contribution in [2.45, 2.75) is 57.5 Å². The number of ether oxygens (including phenoxy) is 1. The van der Waals surface area contributed by atoms with Gasteiger partial charge in [-0.2, -0.15) is 0 Å². The first-order valence-electron chi connectivity index (χ1n) is 6.70. The molecule has 1 aliphatic carbocycles. The van der Waals surface area contributed by atoms with Crippen LogP contribution < -0.4 is 5.32 Å². The fraction of sp³-hybridized carbons (Fsp3) is 0.923. The van der Waals surface area contributed by atoms with E-state index < -0.39 is 11.4 Å². The van der Waals surface area contributed by atoms with Crippen LogP contribution in [0.25, 0.3) is 0 Å². The standard InChI is InChI=1S/C13H23NO3/c1-13(12(15)16)9-17-8-11(13)14-10-6-4-2-3-5-7-10/h10-11,14H,2-9H2,1H3,(H,15,16). The topological polar surface area (TPSA) is 58.6 Å². The Kier molecular flexibility index (Phi) is 4.05. The Morgan fingerprint density at radius 1 is 1.29 bits per heavy atom. The number of aliphatic carboxylic acids is 1. The zero-order valence-electron chi connectivity index (χ0n) is 10.6. The molecule has 0 spiro atoms. The summed E-state index contributed by atoms with van der Waals surface area (Å²) in [6.07, 6.45) is 7.49. The lowest BCUT2D eigenvalue weighted by Gasteiger charge is -2.29. The van der Waals surface area contributed by atoms with Crippen LogP contribution in [0.5, 0.6) is 0 Å². The maximum atomic E-state index is 11.3. The molecular weight excluding hydrogens is 218 g/mol. The number of nitrogens with one attached hydrogen (secondary N) is 1. The normalized spacial score (nSPS) is 35.7. The summed E-state index contributed by atoms with van der Waals surface area (Å²) in [6, 6.07) is 0.436. The SMILES string of the molecule is CC1(C(=O)O)COCC1NC1CCCCCC1. The Morgan fingerprint density at radius 2 is 1.94 bits per heavy atom. The highest BCUT2D eigenvalue weighted by atomic mass is 16.5. The van der Waals surface area contributed by atoms with Crippen LogP contribution in [0.4, 0.5) is 0 Å². The smallest absolute Gasteiger partial charge is 0.313 e. The fourth-order valence-corrected chi connectivity index (χ4v) is 2.85. The highest BCUT2D eigenvalue weighted by Gasteiger charge is 2.47. The molecule has 0 aromatic carbocycles. The number of hydrogen-bond acceptors (Lipinski definition) is 3. The van der Waals surface area contributed by atoms with Crippen LogP contribution in [-0.2, 0) is 9.53 Å². The Balaban J connectivity index is 1.95. The van der Waals surface area contributed by atoms with Gasteiger partial charge in [0.25, 0.3) is 0 Å².